The normalized spacial score (nSPS) is 13.9. The first-order valence-electron chi connectivity index (χ1n) is 4.19. The maximum atomic E-state index is 12.3. The largest absolute Gasteiger partial charge is 0.416 e. The van der Waals surface area contributed by atoms with E-state index in [1.165, 1.54) is 0 Å². The Balaban J connectivity index is 3.17. The first kappa shape index (κ1) is 11.8. The van der Waals surface area contributed by atoms with Gasteiger partial charge in [0.2, 0.25) is 0 Å². The molecule has 1 aromatic carbocycles. The lowest BCUT2D eigenvalue weighted by atomic mass is 10.0. The molecule has 0 unspecified atom stereocenters. The molecule has 15 heavy (non-hydrogen) atoms. The van der Waals surface area contributed by atoms with E-state index < -0.39 is 24.4 Å². The Morgan fingerprint density at radius 2 is 1.93 bits per heavy atom. The van der Waals surface area contributed by atoms with Gasteiger partial charge >= 0.3 is 6.18 Å². The van der Waals surface area contributed by atoms with Gasteiger partial charge in [-0.3, -0.25) is 0 Å². The van der Waals surface area contributed by atoms with Gasteiger partial charge in [0.25, 0.3) is 0 Å². The standard InChI is InChI=1S/C9H11F3N2O/c10-9(11,12)5-1-2-7(13)6(3-5)8(14)4-15/h1-3,8,15H,4,13-14H2/t8-/m0/s1. The summed E-state index contributed by atoms with van der Waals surface area (Å²) >= 11 is 0. The molecule has 1 aromatic rings. The minimum absolute atomic E-state index is 0.104. The molecule has 84 valence electrons. The molecule has 0 heterocycles. The third kappa shape index (κ3) is 2.60. The smallest absolute Gasteiger partial charge is 0.398 e. The summed E-state index contributed by atoms with van der Waals surface area (Å²) in [6, 6.07) is 1.97. The Hall–Kier alpha value is -1.27. The molecule has 0 fully saturated rings. The van der Waals surface area contributed by atoms with Gasteiger partial charge in [0.15, 0.2) is 0 Å². The molecule has 0 bridgehead atoms. The summed E-state index contributed by atoms with van der Waals surface area (Å²) in [5.74, 6) is 0. The lowest BCUT2D eigenvalue weighted by Crippen LogP contribution is -2.17. The summed E-state index contributed by atoms with van der Waals surface area (Å²) in [7, 11) is 0. The lowest BCUT2D eigenvalue weighted by molar-refractivity contribution is -0.137. The van der Waals surface area contributed by atoms with E-state index in [1.807, 2.05) is 0 Å². The summed E-state index contributed by atoms with van der Waals surface area (Å²) in [5, 5.41) is 8.74. The van der Waals surface area contributed by atoms with Gasteiger partial charge in [0.05, 0.1) is 18.2 Å². The van der Waals surface area contributed by atoms with Crippen molar-refractivity contribution in [1.82, 2.24) is 0 Å². The summed E-state index contributed by atoms with van der Waals surface area (Å²) in [6.45, 7) is -0.453. The number of anilines is 1. The van der Waals surface area contributed by atoms with Crippen LogP contribution in [-0.2, 0) is 6.18 Å². The molecular formula is C9H11F3N2O. The maximum absolute atomic E-state index is 12.3. The number of hydrogen-bond donors (Lipinski definition) is 3. The van der Waals surface area contributed by atoms with Crippen molar-refractivity contribution in [2.75, 3.05) is 12.3 Å². The zero-order chi connectivity index (χ0) is 11.6. The van der Waals surface area contributed by atoms with Crippen molar-refractivity contribution < 1.29 is 18.3 Å². The Labute approximate surface area is 84.5 Å². The third-order valence-corrected chi connectivity index (χ3v) is 2.01. The third-order valence-electron chi connectivity index (χ3n) is 2.01. The van der Waals surface area contributed by atoms with E-state index >= 15 is 0 Å². The SMILES string of the molecule is Nc1ccc(C(F)(F)F)cc1[C@@H](N)CO. The minimum Gasteiger partial charge on any atom is -0.398 e. The number of nitrogen functional groups attached to an aromatic ring is 1. The van der Waals surface area contributed by atoms with Gasteiger partial charge in [-0.25, -0.2) is 0 Å². The molecule has 1 atom stereocenters. The minimum atomic E-state index is -4.43. The lowest BCUT2D eigenvalue weighted by Gasteiger charge is -2.14. The molecule has 0 radical (unpaired) electrons. The molecule has 0 aliphatic heterocycles. The number of rotatable bonds is 2. The van der Waals surface area contributed by atoms with Gasteiger partial charge in [0, 0.05) is 5.69 Å². The van der Waals surface area contributed by atoms with Crippen LogP contribution in [-0.4, -0.2) is 11.7 Å². The molecule has 0 aromatic heterocycles. The number of nitrogens with two attached hydrogens (primary N) is 2. The number of alkyl halides is 3. The van der Waals surface area contributed by atoms with Crippen molar-refractivity contribution in [1.29, 1.82) is 0 Å². The monoisotopic (exact) mass is 220 g/mol. The second-order valence-corrected chi connectivity index (χ2v) is 3.13. The van der Waals surface area contributed by atoms with Crippen LogP contribution in [0.2, 0.25) is 0 Å². The molecule has 3 nitrogen and oxygen atoms in total. The predicted molar refractivity (Wildman–Crippen MR) is 49.9 cm³/mol. The van der Waals surface area contributed by atoms with Crippen LogP contribution in [0.25, 0.3) is 0 Å². The van der Waals surface area contributed by atoms with Gasteiger partial charge < -0.3 is 16.6 Å². The van der Waals surface area contributed by atoms with E-state index in [0.717, 1.165) is 18.2 Å². The quantitative estimate of drug-likeness (QED) is 0.657. The van der Waals surface area contributed by atoms with Gasteiger partial charge in [-0.2, -0.15) is 13.2 Å². The molecule has 0 aliphatic carbocycles. The van der Waals surface area contributed by atoms with Gasteiger partial charge in [-0.1, -0.05) is 0 Å². The van der Waals surface area contributed by atoms with Crippen molar-refractivity contribution in [2.45, 2.75) is 12.2 Å². The first-order chi connectivity index (χ1) is 6.86. The Bertz CT molecular complexity index is 352. The number of aliphatic hydroxyl groups excluding tert-OH is 1. The van der Waals surface area contributed by atoms with E-state index in [0.29, 0.717) is 0 Å². The number of halogens is 3. The zero-order valence-corrected chi connectivity index (χ0v) is 7.75. The number of hydrogen-bond acceptors (Lipinski definition) is 3. The number of benzene rings is 1. The average molecular weight is 220 g/mol. The Morgan fingerprint density at radius 3 is 2.40 bits per heavy atom. The van der Waals surface area contributed by atoms with Crippen LogP contribution in [0.15, 0.2) is 18.2 Å². The van der Waals surface area contributed by atoms with Crippen LogP contribution in [0, 0.1) is 0 Å². The van der Waals surface area contributed by atoms with Crippen molar-refractivity contribution in [3.8, 4) is 0 Å². The maximum Gasteiger partial charge on any atom is 0.416 e. The summed E-state index contributed by atoms with van der Waals surface area (Å²) in [4.78, 5) is 0. The molecule has 5 N–H and O–H groups in total. The van der Waals surface area contributed by atoms with Crippen LogP contribution in [0.5, 0.6) is 0 Å². The zero-order valence-electron chi connectivity index (χ0n) is 7.75. The predicted octanol–water partition coefficient (Wildman–Crippen LogP) is 1.28. The van der Waals surface area contributed by atoms with Gasteiger partial charge in [-0.05, 0) is 23.8 Å². The van der Waals surface area contributed by atoms with E-state index in [4.69, 9.17) is 16.6 Å². The average Bonchev–Trinajstić information content (AvgIpc) is 2.15. The molecular weight excluding hydrogens is 209 g/mol. The van der Waals surface area contributed by atoms with Crippen LogP contribution in [0.3, 0.4) is 0 Å². The van der Waals surface area contributed by atoms with Crippen LogP contribution in [0.1, 0.15) is 17.2 Å². The fourth-order valence-electron chi connectivity index (χ4n) is 1.17. The number of aliphatic hydroxyl groups is 1. The topological polar surface area (TPSA) is 72.3 Å². The van der Waals surface area contributed by atoms with Crippen molar-refractivity contribution in [3.05, 3.63) is 29.3 Å². The molecule has 6 heteroatoms. The van der Waals surface area contributed by atoms with E-state index in [2.05, 4.69) is 0 Å². The second kappa shape index (κ2) is 4.08. The highest BCUT2D eigenvalue weighted by Crippen LogP contribution is 2.32. The molecule has 0 aliphatic rings. The van der Waals surface area contributed by atoms with Crippen LogP contribution < -0.4 is 11.5 Å². The van der Waals surface area contributed by atoms with Crippen LogP contribution in [0.4, 0.5) is 18.9 Å². The highest BCUT2D eigenvalue weighted by atomic mass is 19.4. The Kier molecular flexibility index (Phi) is 3.21. The van der Waals surface area contributed by atoms with E-state index in [1.54, 1.807) is 0 Å². The summed E-state index contributed by atoms with van der Waals surface area (Å²) in [6.07, 6.45) is -4.43. The van der Waals surface area contributed by atoms with E-state index in [-0.39, 0.29) is 11.3 Å². The fraction of sp³-hybridized carbons (Fsp3) is 0.333. The first-order valence-corrected chi connectivity index (χ1v) is 4.19. The summed E-state index contributed by atoms with van der Waals surface area (Å²) < 4.78 is 37.0. The molecule has 0 amide bonds. The van der Waals surface area contributed by atoms with Gasteiger partial charge in [0.1, 0.15) is 0 Å². The molecule has 0 spiro atoms. The van der Waals surface area contributed by atoms with Crippen molar-refractivity contribution in [3.63, 3.8) is 0 Å². The van der Waals surface area contributed by atoms with Gasteiger partial charge in [-0.15, -0.1) is 0 Å². The highest BCUT2D eigenvalue weighted by molar-refractivity contribution is 5.50. The fourth-order valence-corrected chi connectivity index (χ4v) is 1.17. The van der Waals surface area contributed by atoms with Crippen molar-refractivity contribution >= 4 is 5.69 Å². The summed E-state index contributed by atoms with van der Waals surface area (Å²) in [5.41, 5.74) is 10.3. The van der Waals surface area contributed by atoms with Crippen molar-refractivity contribution in [2.24, 2.45) is 5.73 Å². The van der Waals surface area contributed by atoms with Crippen LogP contribution >= 0.6 is 0 Å². The Morgan fingerprint density at radius 1 is 1.33 bits per heavy atom. The van der Waals surface area contributed by atoms with E-state index in [9.17, 15) is 13.2 Å². The molecule has 1 rings (SSSR count). The molecule has 0 saturated heterocycles. The molecule has 0 saturated carbocycles. The highest BCUT2D eigenvalue weighted by Gasteiger charge is 2.31. The second-order valence-electron chi connectivity index (χ2n) is 3.13.